The van der Waals surface area contributed by atoms with Crippen molar-refractivity contribution in [1.29, 1.82) is 0 Å². The van der Waals surface area contributed by atoms with Gasteiger partial charge in [-0.1, -0.05) is 38.0 Å². The normalized spacial score (nSPS) is 22.3. The number of phenols is 1. The largest absolute Gasteiger partial charge is 0.507 e. The van der Waals surface area contributed by atoms with Crippen LogP contribution in [0.2, 0.25) is 0 Å². The third-order valence-corrected chi connectivity index (χ3v) is 7.22. The van der Waals surface area contributed by atoms with Crippen LogP contribution >= 0.6 is 11.3 Å². The van der Waals surface area contributed by atoms with E-state index in [-0.39, 0.29) is 5.75 Å². The molecular formula is C21H27N5OS. The number of aromatic nitrogens is 4. The fourth-order valence-electron chi connectivity index (χ4n) is 4.09. The first-order valence-electron chi connectivity index (χ1n) is 9.87. The van der Waals surface area contributed by atoms with Crippen LogP contribution in [0.25, 0.3) is 16.3 Å². The van der Waals surface area contributed by atoms with E-state index < -0.39 is 0 Å². The maximum absolute atomic E-state index is 10.5. The molecule has 0 aliphatic heterocycles. The lowest BCUT2D eigenvalue weighted by Gasteiger charge is -2.41. The molecular weight excluding hydrogens is 370 g/mol. The maximum Gasteiger partial charge on any atom is 0.208 e. The Morgan fingerprint density at radius 3 is 2.93 bits per heavy atom. The summed E-state index contributed by atoms with van der Waals surface area (Å²) in [6, 6.07) is 6.08. The van der Waals surface area contributed by atoms with E-state index in [4.69, 9.17) is 0 Å². The van der Waals surface area contributed by atoms with E-state index in [2.05, 4.69) is 41.0 Å². The molecule has 7 heteroatoms. The summed E-state index contributed by atoms with van der Waals surface area (Å²) < 4.78 is 1.86. The minimum absolute atomic E-state index is 0.202. The van der Waals surface area contributed by atoms with Gasteiger partial charge in [0.2, 0.25) is 5.13 Å². The Morgan fingerprint density at radius 1 is 1.36 bits per heavy atom. The van der Waals surface area contributed by atoms with Crippen LogP contribution in [-0.4, -0.2) is 37.9 Å². The number of anilines is 1. The van der Waals surface area contributed by atoms with Crippen molar-refractivity contribution >= 4 is 16.5 Å². The minimum Gasteiger partial charge on any atom is -0.507 e. The molecule has 1 fully saturated rings. The van der Waals surface area contributed by atoms with Crippen molar-refractivity contribution in [2.45, 2.75) is 52.0 Å². The summed E-state index contributed by atoms with van der Waals surface area (Å²) in [4.78, 5) is 6.33. The van der Waals surface area contributed by atoms with Crippen molar-refractivity contribution in [3.8, 4) is 22.0 Å². The molecule has 2 aromatic heterocycles. The van der Waals surface area contributed by atoms with Crippen LogP contribution in [0, 0.1) is 5.41 Å². The summed E-state index contributed by atoms with van der Waals surface area (Å²) in [6.45, 7) is 4.69. The quantitative estimate of drug-likeness (QED) is 0.664. The van der Waals surface area contributed by atoms with Gasteiger partial charge in [0.05, 0.1) is 17.6 Å². The second kappa shape index (κ2) is 7.54. The summed E-state index contributed by atoms with van der Waals surface area (Å²) in [7, 11) is 2.12. The SMILES string of the molecule is CC[C@@]1(C)CCC[C@@H](N(C)c2nnc(-c3ccc(-n4ccnc4)cc3O)s2)C1. The number of hydrogen-bond donors (Lipinski definition) is 1. The van der Waals surface area contributed by atoms with Crippen molar-refractivity contribution in [2.75, 3.05) is 11.9 Å². The number of aromatic hydroxyl groups is 1. The first-order valence-corrected chi connectivity index (χ1v) is 10.7. The molecule has 1 aliphatic carbocycles. The fourth-order valence-corrected chi connectivity index (χ4v) is 5.00. The summed E-state index contributed by atoms with van der Waals surface area (Å²) in [5, 5.41) is 21.0. The summed E-state index contributed by atoms with van der Waals surface area (Å²) in [5.41, 5.74) is 2.00. The number of rotatable bonds is 5. The van der Waals surface area contributed by atoms with Crippen molar-refractivity contribution in [2.24, 2.45) is 5.41 Å². The summed E-state index contributed by atoms with van der Waals surface area (Å²) in [5.74, 6) is 0.202. The third-order valence-electron chi connectivity index (χ3n) is 6.18. The molecule has 1 aliphatic rings. The minimum atomic E-state index is 0.202. The van der Waals surface area contributed by atoms with Crippen molar-refractivity contribution in [3.05, 3.63) is 36.9 Å². The van der Waals surface area contributed by atoms with Gasteiger partial charge in [0.25, 0.3) is 0 Å². The van der Waals surface area contributed by atoms with Crippen molar-refractivity contribution in [1.82, 2.24) is 19.7 Å². The highest BCUT2D eigenvalue weighted by Crippen LogP contribution is 2.42. The van der Waals surface area contributed by atoms with Gasteiger partial charge in [-0.25, -0.2) is 4.98 Å². The lowest BCUT2D eigenvalue weighted by molar-refractivity contribution is 0.185. The predicted molar refractivity (Wildman–Crippen MR) is 113 cm³/mol. The predicted octanol–water partition coefficient (Wildman–Crippen LogP) is 4.89. The lowest BCUT2D eigenvalue weighted by Crippen LogP contribution is -2.39. The monoisotopic (exact) mass is 397 g/mol. The highest BCUT2D eigenvalue weighted by atomic mass is 32.1. The molecule has 1 aromatic carbocycles. The zero-order valence-electron chi connectivity index (χ0n) is 16.7. The molecule has 0 bridgehead atoms. The van der Waals surface area contributed by atoms with Gasteiger partial charge in [-0.15, -0.1) is 10.2 Å². The Hall–Kier alpha value is -2.41. The Balaban J connectivity index is 1.54. The second-order valence-electron chi connectivity index (χ2n) is 8.09. The van der Waals surface area contributed by atoms with Gasteiger partial charge < -0.3 is 14.6 Å². The van der Waals surface area contributed by atoms with Gasteiger partial charge in [0.1, 0.15) is 5.75 Å². The molecule has 0 saturated heterocycles. The van der Waals surface area contributed by atoms with Crippen molar-refractivity contribution in [3.63, 3.8) is 0 Å². The van der Waals surface area contributed by atoms with Crippen LogP contribution in [-0.2, 0) is 0 Å². The zero-order chi connectivity index (χ0) is 19.7. The lowest BCUT2D eigenvalue weighted by atomic mass is 9.71. The molecule has 3 aromatic rings. The highest BCUT2D eigenvalue weighted by Gasteiger charge is 2.33. The number of phenolic OH excluding ortho intramolecular Hbond substituents is 1. The second-order valence-corrected chi connectivity index (χ2v) is 9.04. The number of benzene rings is 1. The topological polar surface area (TPSA) is 67.1 Å². The number of hydrogen-bond acceptors (Lipinski definition) is 6. The number of nitrogens with zero attached hydrogens (tertiary/aromatic N) is 5. The average molecular weight is 398 g/mol. The Bertz CT molecular complexity index is 938. The Kier molecular flexibility index (Phi) is 5.10. The van der Waals surface area contributed by atoms with Crippen molar-refractivity contribution < 1.29 is 5.11 Å². The van der Waals surface area contributed by atoms with Gasteiger partial charge in [-0.2, -0.15) is 0 Å². The van der Waals surface area contributed by atoms with Crippen LogP contribution in [0.1, 0.15) is 46.0 Å². The molecule has 0 unspecified atom stereocenters. The smallest absolute Gasteiger partial charge is 0.208 e. The molecule has 6 nitrogen and oxygen atoms in total. The fraction of sp³-hybridized carbons (Fsp3) is 0.476. The van der Waals surface area contributed by atoms with E-state index in [1.54, 1.807) is 18.6 Å². The summed E-state index contributed by atoms with van der Waals surface area (Å²) in [6.07, 6.45) is 11.5. The molecule has 0 radical (unpaired) electrons. The van der Waals surface area contributed by atoms with Gasteiger partial charge in [-0.05, 0) is 36.8 Å². The van der Waals surface area contributed by atoms with E-state index in [1.807, 2.05) is 22.9 Å². The van der Waals surface area contributed by atoms with E-state index in [9.17, 15) is 5.11 Å². The van der Waals surface area contributed by atoms with E-state index in [0.717, 1.165) is 15.8 Å². The van der Waals surface area contributed by atoms with Crippen LogP contribution in [0.4, 0.5) is 5.13 Å². The molecule has 28 heavy (non-hydrogen) atoms. The van der Waals surface area contributed by atoms with E-state index in [0.29, 0.717) is 17.0 Å². The average Bonchev–Trinajstić information content (AvgIpc) is 3.39. The Morgan fingerprint density at radius 2 is 2.21 bits per heavy atom. The molecule has 2 atom stereocenters. The Labute approximate surface area is 169 Å². The van der Waals surface area contributed by atoms with Gasteiger partial charge in [0, 0.05) is 31.5 Å². The molecule has 1 N–H and O–H groups in total. The van der Waals surface area contributed by atoms with Crippen LogP contribution in [0.5, 0.6) is 5.75 Å². The molecule has 148 valence electrons. The van der Waals surface area contributed by atoms with E-state index in [1.165, 1.54) is 43.4 Å². The van der Waals surface area contributed by atoms with Crippen LogP contribution in [0.15, 0.2) is 36.9 Å². The summed E-state index contributed by atoms with van der Waals surface area (Å²) >= 11 is 1.54. The van der Waals surface area contributed by atoms with Gasteiger partial charge in [-0.3, -0.25) is 0 Å². The first kappa shape index (κ1) is 18.9. The third kappa shape index (κ3) is 3.63. The van der Waals surface area contributed by atoms with Gasteiger partial charge >= 0.3 is 0 Å². The number of imidazole rings is 1. The standard InChI is InChI=1S/C21H27N5OS/c1-4-21(2)9-5-6-16(13-21)25(3)20-24-23-19(28-20)17-8-7-15(12-18(17)27)26-11-10-22-14-26/h7-8,10-12,14,16,27H,4-6,9,13H2,1-3H3/t16-,21+/m1/s1. The maximum atomic E-state index is 10.5. The zero-order valence-corrected chi connectivity index (χ0v) is 17.5. The van der Waals surface area contributed by atoms with E-state index >= 15 is 0 Å². The van der Waals surface area contributed by atoms with Crippen LogP contribution in [0.3, 0.4) is 0 Å². The highest BCUT2D eigenvalue weighted by molar-refractivity contribution is 7.18. The molecule has 0 amide bonds. The molecule has 0 spiro atoms. The first-order chi connectivity index (χ1) is 13.5. The molecule has 1 saturated carbocycles. The van der Waals surface area contributed by atoms with Crippen LogP contribution < -0.4 is 4.90 Å². The molecule has 4 rings (SSSR count). The van der Waals surface area contributed by atoms with Gasteiger partial charge in [0.15, 0.2) is 5.01 Å². The molecule has 2 heterocycles.